The summed E-state index contributed by atoms with van der Waals surface area (Å²) in [7, 11) is 0. The molecule has 0 N–H and O–H groups in total. The van der Waals surface area contributed by atoms with Gasteiger partial charge in [-0.1, -0.05) is 18.2 Å². The number of nitrogens with zero attached hydrogens (tertiary/aromatic N) is 2. The summed E-state index contributed by atoms with van der Waals surface area (Å²) in [5, 5.41) is 0. The van der Waals surface area contributed by atoms with Crippen molar-refractivity contribution in [2.24, 2.45) is 0 Å². The minimum Gasteiger partial charge on any atom is -0.493 e. The monoisotopic (exact) mass is 504 g/mol. The number of benzene rings is 3. The second-order valence-electron chi connectivity index (χ2n) is 8.46. The predicted octanol–water partition coefficient (Wildman–Crippen LogP) is 7.06. The molecule has 0 unspecified atom stereocenters. The average molecular weight is 505 g/mol. The highest BCUT2D eigenvalue weighted by Crippen LogP contribution is 2.37. The Kier molecular flexibility index (Phi) is 10.2. The van der Waals surface area contributed by atoms with Crippen molar-refractivity contribution in [1.29, 1.82) is 0 Å². The number of carbonyl (C=O) groups excluding carboxylic acids is 1. The molecule has 0 amide bonds. The molecule has 198 valence electrons. The first-order valence-corrected chi connectivity index (χ1v) is 13.4. The summed E-state index contributed by atoms with van der Waals surface area (Å²) in [6.45, 7) is 16.9. The molecule has 0 fully saturated rings. The first-order valence-electron chi connectivity index (χ1n) is 13.4. The van der Waals surface area contributed by atoms with Gasteiger partial charge in [0.15, 0.2) is 11.5 Å². The van der Waals surface area contributed by atoms with Crippen molar-refractivity contribution in [3.63, 3.8) is 0 Å². The lowest BCUT2D eigenvalue weighted by Gasteiger charge is -2.23. The van der Waals surface area contributed by atoms with Crippen LogP contribution < -0.4 is 24.0 Å². The summed E-state index contributed by atoms with van der Waals surface area (Å²) in [4.78, 5) is 18.0. The molecular weight excluding hydrogens is 464 g/mol. The van der Waals surface area contributed by atoms with E-state index in [2.05, 4.69) is 43.6 Å². The van der Waals surface area contributed by atoms with Crippen molar-refractivity contribution in [2.75, 3.05) is 49.2 Å². The molecule has 0 aliphatic rings. The summed E-state index contributed by atoms with van der Waals surface area (Å²) in [5.74, 6) is 1.25. The van der Waals surface area contributed by atoms with Crippen molar-refractivity contribution in [3.05, 3.63) is 66.2 Å². The van der Waals surface area contributed by atoms with Gasteiger partial charge in [0.25, 0.3) is 0 Å². The molecule has 6 heteroatoms. The van der Waals surface area contributed by atoms with Crippen molar-refractivity contribution in [1.82, 2.24) is 0 Å². The fourth-order valence-electron chi connectivity index (χ4n) is 4.48. The van der Waals surface area contributed by atoms with Crippen LogP contribution in [0.15, 0.2) is 60.7 Å². The first-order chi connectivity index (χ1) is 18.0. The molecule has 0 aliphatic heterocycles. The van der Waals surface area contributed by atoms with Crippen LogP contribution in [-0.4, -0.2) is 45.4 Å². The van der Waals surface area contributed by atoms with Crippen molar-refractivity contribution in [2.45, 2.75) is 41.5 Å². The Morgan fingerprint density at radius 3 is 1.76 bits per heavy atom. The van der Waals surface area contributed by atoms with Gasteiger partial charge in [0.05, 0.1) is 18.8 Å². The highest BCUT2D eigenvalue weighted by Gasteiger charge is 2.20. The standard InChI is InChI=1S/C31H40N2O4/c1-7-32(8-2)23-17-19-26(29(21-23)35-11-5)25-15-13-14-16-27(25)31(34)37-28-20-18-24(33(9-3)10-4)22-30(28)36-12-6/h13-22H,7-12H2,1-6H3. The van der Waals surface area contributed by atoms with Crippen LogP contribution in [0.2, 0.25) is 0 Å². The zero-order chi connectivity index (χ0) is 26.8. The van der Waals surface area contributed by atoms with E-state index in [9.17, 15) is 4.79 Å². The third-order valence-corrected chi connectivity index (χ3v) is 6.39. The van der Waals surface area contributed by atoms with Crippen LogP contribution in [-0.2, 0) is 0 Å². The van der Waals surface area contributed by atoms with E-state index in [1.807, 2.05) is 62.4 Å². The van der Waals surface area contributed by atoms with Gasteiger partial charge >= 0.3 is 5.97 Å². The molecule has 3 aromatic carbocycles. The van der Waals surface area contributed by atoms with Crippen LogP contribution in [0.3, 0.4) is 0 Å². The van der Waals surface area contributed by atoms with E-state index in [0.717, 1.165) is 54.4 Å². The Hall–Kier alpha value is -3.67. The van der Waals surface area contributed by atoms with Gasteiger partial charge in [0.1, 0.15) is 5.75 Å². The molecule has 0 atom stereocenters. The molecule has 3 aromatic rings. The van der Waals surface area contributed by atoms with Crippen LogP contribution in [0.5, 0.6) is 17.2 Å². The molecule has 0 bridgehead atoms. The first kappa shape index (κ1) is 27.9. The number of carbonyl (C=O) groups is 1. The highest BCUT2D eigenvalue weighted by atomic mass is 16.6. The third kappa shape index (κ3) is 6.56. The Morgan fingerprint density at radius 2 is 1.16 bits per heavy atom. The maximum Gasteiger partial charge on any atom is 0.344 e. The van der Waals surface area contributed by atoms with E-state index in [-0.39, 0.29) is 0 Å². The van der Waals surface area contributed by atoms with Crippen LogP contribution in [0.1, 0.15) is 51.9 Å². The summed E-state index contributed by atoms with van der Waals surface area (Å²) < 4.78 is 17.8. The lowest BCUT2D eigenvalue weighted by atomic mass is 9.98. The fourth-order valence-corrected chi connectivity index (χ4v) is 4.48. The fraction of sp³-hybridized carbons (Fsp3) is 0.387. The Balaban J connectivity index is 1.99. The maximum absolute atomic E-state index is 13.5. The molecule has 0 aromatic heterocycles. The Morgan fingerprint density at radius 1 is 0.622 bits per heavy atom. The Bertz CT molecular complexity index is 1170. The molecule has 3 rings (SSSR count). The highest BCUT2D eigenvalue weighted by molar-refractivity contribution is 5.99. The summed E-state index contributed by atoms with van der Waals surface area (Å²) >= 11 is 0. The molecule has 0 radical (unpaired) electrons. The van der Waals surface area contributed by atoms with Gasteiger partial charge in [-0.2, -0.15) is 0 Å². The average Bonchev–Trinajstić information content (AvgIpc) is 2.92. The topological polar surface area (TPSA) is 51.2 Å². The van der Waals surface area contributed by atoms with Crippen LogP contribution >= 0.6 is 0 Å². The van der Waals surface area contributed by atoms with Crippen molar-refractivity contribution >= 4 is 17.3 Å². The molecule has 0 saturated heterocycles. The van der Waals surface area contributed by atoms with Gasteiger partial charge in [0, 0.05) is 55.2 Å². The minimum absolute atomic E-state index is 0.402. The normalized spacial score (nSPS) is 10.6. The summed E-state index contributed by atoms with van der Waals surface area (Å²) in [5.41, 5.74) is 4.21. The predicted molar refractivity (Wildman–Crippen MR) is 153 cm³/mol. The number of anilines is 2. The SMILES string of the molecule is CCOc1cc(N(CC)CC)ccc1OC(=O)c1ccccc1-c1ccc(N(CC)CC)cc1OCC. The van der Waals surface area contributed by atoms with E-state index >= 15 is 0 Å². The van der Waals surface area contributed by atoms with Gasteiger partial charge in [0.2, 0.25) is 0 Å². The van der Waals surface area contributed by atoms with E-state index in [4.69, 9.17) is 14.2 Å². The summed E-state index contributed by atoms with van der Waals surface area (Å²) in [6, 6.07) is 19.3. The van der Waals surface area contributed by atoms with E-state index in [1.165, 1.54) is 0 Å². The number of hydrogen-bond acceptors (Lipinski definition) is 6. The lowest BCUT2D eigenvalue weighted by Crippen LogP contribution is -2.22. The van der Waals surface area contributed by atoms with Gasteiger partial charge in [-0.3, -0.25) is 0 Å². The van der Waals surface area contributed by atoms with Gasteiger partial charge in [-0.15, -0.1) is 0 Å². The van der Waals surface area contributed by atoms with Crippen molar-refractivity contribution in [3.8, 4) is 28.4 Å². The third-order valence-electron chi connectivity index (χ3n) is 6.39. The van der Waals surface area contributed by atoms with Crippen LogP contribution in [0.25, 0.3) is 11.1 Å². The van der Waals surface area contributed by atoms with Gasteiger partial charge < -0.3 is 24.0 Å². The molecule has 6 nitrogen and oxygen atoms in total. The number of esters is 1. The smallest absolute Gasteiger partial charge is 0.344 e. The summed E-state index contributed by atoms with van der Waals surface area (Å²) in [6.07, 6.45) is 0. The van der Waals surface area contributed by atoms with Crippen molar-refractivity contribution < 1.29 is 19.0 Å². The van der Waals surface area contributed by atoms with Crippen LogP contribution in [0, 0.1) is 0 Å². The molecule has 0 aliphatic carbocycles. The van der Waals surface area contributed by atoms with E-state index in [0.29, 0.717) is 30.3 Å². The lowest BCUT2D eigenvalue weighted by molar-refractivity contribution is 0.0729. The molecular formula is C31H40N2O4. The van der Waals surface area contributed by atoms with E-state index in [1.54, 1.807) is 6.07 Å². The molecule has 37 heavy (non-hydrogen) atoms. The van der Waals surface area contributed by atoms with Gasteiger partial charge in [-0.25, -0.2) is 4.79 Å². The van der Waals surface area contributed by atoms with E-state index < -0.39 is 5.97 Å². The largest absolute Gasteiger partial charge is 0.493 e. The van der Waals surface area contributed by atoms with Crippen LogP contribution in [0.4, 0.5) is 11.4 Å². The number of hydrogen-bond donors (Lipinski definition) is 0. The Labute approximate surface area is 221 Å². The zero-order valence-corrected chi connectivity index (χ0v) is 23.0. The molecule has 0 heterocycles. The maximum atomic E-state index is 13.5. The second kappa shape index (κ2) is 13.6. The minimum atomic E-state index is -0.442. The second-order valence-corrected chi connectivity index (χ2v) is 8.46. The number of rotatable bonds is 13. The molecule has 0 spiro atoms. The zero-order valence-electron chi connectivity index (χ0n) is 23.0. The molecule has 0 saturated carbocycles. The van der Waals surface area contributed by atoms with Gasteiger partial charge in [-0.05, 0) is 77.4 Å². The quantitative estimate of drug-likeness (QED) is 0.183. The number of ether oxygens (including phenoxy) is 3.